The molecule has 0 spiro atoms. The quantitative estimate of drug-likeness (QED) is 0.519. The van der Waals surface area contributed by atoms with Crippen molar-refractivity contribution in [3.8, 4) is 0 Å². The first-order valence-electron chi connectivity index (χ1n) is 7.08. The fourth-order valence-electron chi connectivity index (χ4n) is 1.98. The van der Waals surface area contributed by atoms with Crippen molar-refractivity contribution in [3.05, 3.63) is 47.5 Å². The van der Waals surface area contributed by atoms with Gasteiger partial charge in [0, 0.05) is 7.05 Å². The van der Waals surface area contributed by atoms with E-state index in [4.69, 9.17) is 4.84 Å². The van der Waals surface area contributed by atoms with Crippen molar-refractivity contribution in [2.24, 2.45) is 0 Å². The van der Waals surface area contributed by atoms with Gasteiger partial charge in [-0.05, 0) is 46.1 Å². The van der Waals surface area contributed by atoms with E-state index < -0.39 is 0 Å². The molecule has 0 bridgehead atoms. The van der Waals surface area contributed by atoms with E-state index in [-0.39, 0.29) is 12.1 Å². The van der Waals surface area contributed by atoms with Crippen molar-refractivity contribution < 1.29 is 4.84 Å². The summed E-state index contributed by atoms with van der Waals surface area (Å²) in [6, 6.07) is 10.7. The first-order chi connectivity index (χ1) is 9.00. The smallest absolute Gasteiger partial charge is 0.0768 e. The van der Waals surface area contributed by atoms with Crippen LogP contribution in [0.3, 0.4) is 0 Å². The van der Waals surface area contributed by atoms with Gasteiger partial charge in [0.1, 0.15) is 0 Å². The molecular formula is C17H27NO. The molecule has 106 valence electrons. The lowest BCUT2D eigenvalue weighted by Crippen LogP contribution is -2.27. The molecule has 0 aliphatic rings. The van der Waals surface area contributed by atoms with Gasteiger partial charge in [0.25, 0.3) is 0 Å². The van der Waals surface area contributed by atoms with Crippen LogP contribution in [0.25, 0.3) is 0 Å². The Balaban J connectivity index is 2.41. The van der Waals surface area contributed by atoms with E-state index in [0.29, 0.717) is 0 Å². The monoisotopic (exact) mass is 261 g/mol. The Labute approximate surface area is 118 Å². The molecule has 0 N–H and O–H groups in total. The highest BCUT2D eigenvalue weighted by molar-refractivity contribution is 5.17. The molecule has 0 aliphatic heterocycles. The molecule has 19 heavy (non-hydrogen) atoms. The van der Waals surface area contributed by atoms with Gasteiger partial charge in [0.2, 0.25) is 0 Å². The number of rotatable bonds is 7. The van der Waals surface area contributed by atoms with Crippen LogP contribution < -0.4 is 0 Å². The van der Waals surface area contributed by atoms with Crippen molar-refractivity contribution >= 4 is 0 Å². The van der Waals surface area contributed by atoms with E-state index in [0.717, 1.165) is 12.8 Å². The Morgan fingerprint density at radius 2 is 1.84 bits per heavy atom. The van der Waals surface area contributed by atoms with E-state index >= 15 is 0 Å². The predicted molar refractivity (Wildman–Crippen MR) is 81.8 cm³/mol. The van der Waals surface area contributed by atoms with Crippen molar-refractivity contribution in [2.45, 2.75) is 52.7 Å². The molecule has 0 amide bonds. The Bertz CT molecular complexity index is 382. The third-order valence-corrected chi connectivity index (χ3v) is 3.30. The lowest BCUT2D eigenvalue weighted by atomic mass is 10.1. The molecule has 0 aliphatic carbocycles. The largest absolute Gasteiger partial charge is 0.296 e. The Morgan fingerprint density at radius 3 is 2.42 bits per heavy atom. The van der Waals surface area contributed by atoms with Crippen molar-refractivity contribution in [1.29, 1.82) is 0 Å². The standard InChI is InChI=1S/C17H27NO/c1-14(2)10-9-11-15(3)19-18(5)16(4)17-12-7-6-8-13-17/h6-8,10,12-13,15-16H,9,11H2,1-5H3/t15-,16-/m1/s1. The van der Waals surface area contributed by atoms with E-state index in [1.165, 1.54) is 11.1 Å². The van der Waals surface area contributed by atoms with Crippen molar-refractivity contribution in [2.75, 3.05) is 7.05 Å². The lowest BCUT2D eigenvalue weighted by molar-refractivity contribution is -0.199. The van der Waals surface area contributed by atoms with Crippen LogP contribution in [0.4, 0.5) is 0 Å². The van der Waals surface area contributed by atoms with Crippen LogP contribution in [-0.4, -0.2) is 18.2 Å². The minimum atomic E-state index is 0.242. The third kappa shape index (κ3) is 6.04. The maximum absolute atomic E-state index is 5.95. The summed E-state index contributed by atoms with van der Waals surface area (Å²) in [7, 11) is 2.01. The number of hydrogen-bond acceptors (Lipinski definition) is 2. The highest BCUT2D eigenvalue weighted by Gasteiger charge is 2.14. The van der Waals surface area contributed by atoms with Gasteiger partial charge >= 0.3 is 0 Å². The van der Waals surface area contributed by atoms with E-state index in [2.05, 4.69) is 58.0 Å². The molecular weight excluding hydrogens is 234 g/mol. The second kappa shape index (κ2) is 8.13. The van der Waals surface area contributed by atoms with Crippen molar-refractivity contribution in [3.63, 3.8) is 0 Å². The number of benzene rings is 1. The van der Waals surface area contributed by atoms with Crippen LogP contribution in [0.2, 0.25) is 0 Å². The van der Waals surface area contributed by atoms with Crippen LogP contribution in [0.5, 0.6) is 0 Å². The van der Waals surface area contributed by atoms with Gasteiger partial charge in [-0.15, -0.1) is 0 Å². The first kappa shape index (κ1) is 15.9. The summed E-state index contributed by atoms with van der Waals surface area (Å²) in [4.78, 5) is 5.95. The maximum atomic E-state index is 5.95. The van der Waals surface area contributed by atoms with Crippen LogP contribution in [0.1, 0.15) is 52.1 Å². The zero-order valence-electron chi connectivity index (χ0n) is 12.9. The van der Waals surface area contributed by atoms with Gasteiger partial charge in [-0.25, -0.2) is 0 Å². The lowest BCUT2D eigenvalue weighted by Gasteiger charge is -2.27. The van der Waals surface area contributed by atoms with E-state index in [1.54, 1.807) is 0 Å². The molecule has 1 aromatic carbocycles. The Kier molecular flexibility index (Phi) is 6.82. The van der Waals surface area contributed by atoms with Crippen LogP contribution in [0, 0.1) is 0 Å². The van der Waals surface area contributed by atoms with E-state index in [9.17, 15) is 0 Å². The second-order valence-electron chi connectivity index (χ2n) is 5.41. The van der Waals surface area contributed by atoms with Gasteiger partial charge in [-0.2, -0.15) is 5.06 Å². The number of hydrogen-bond donors (Lipinski definition) is 0. The molecule has 1 rings (SSSR count). The summed E-state index contributed by atoms with van der Waals surface area (Å²) < 4.78 is 0. The van der Waals surface area contributed by atoms with Gasteiger partial charge in [0.05, 0.1) is 12.1 Å². The molecule has 2 atom stereocenters. The third-order valence-electron chi connectivity index (χ3n) is 3.30. The van der Waals surface area contributed by atoms with Gasteiger partial charge < -0.3 is 0 Å². The number of allylic oxidation sites excluding steroid dienone is 2. The number of hydroxylamine groups is 2. The molecule has 0 fully saturated rings. The zero-order chi connectivity index (χ0) is 14.3. The SMILES string of the molecule is CC(C)=CCC[C@@H](C)ON(C)[C@H](C)c1ccccc1. The summed E-state index contributed by atoms with van der Waals surface area (Å²) in [6.07, 6.45) is 4.64. The summed E-state index contributed by atoms with van der Waals surface area (Å²) in [5, 5.41) is 1.96. The maximum Gasteiger partial charge on any atom is 0.0768 e. The predicted octanol–water partition coefficient (Wildman–Crippen LogP) is 4.75. The van der Waals surface area contributed by atoms with Crippen LogP contribution >= 0.6 is 0 Å². The van der Waals surface area contributed by atoms with Crippen LogP contribution in [-0.2, 0) is 4.84 Å². The van der Waals surface area contributed by atoms with Gasteiger partial charge in [0.15, 0.2) is 0 Å². The molecule has 0 saturated heterocycles. The molecule has 0 unspecified atom stereocenters. The van der Waals surface area contributed by atoms with Gasteiger partial charge in [-0.3, -0.25) is 4.84 Å². The minimum Gasteiger partial charge on any atom is -0.296 e. The fraction of sp³-hybridized carbons (Fsp3) is 0.529. The normalized spacial score (nSPS) is 14.2. The number of nitrogens with zero attached hydrogens (tertiary/aromatic N) is 1. The second-order valence-corrected chi connectivity index (χ2v) is 5.41. The minimum absolute atomic E-state index is 0.242. The van der Waals surface area contributed by atoms with Gasteiger partial charge in [-0.1, -0.05) is 42.0 Å². The fourth-order valence-corrected chi connectivity index (χ4v) is 1.98. The molecule has 0 radical (unpaired) electrons. The average molecular weight is 261 g/mol. The topological polar surface area (TPSA) is 12.5 Å². The first-order valence-corrected chi connectivity index (χ1v) is 7.08. The summed E-state index contributed by atoms with van der Waals surface area (Å²) >= 11 is 0. The molecule has 0 heterocycles. The summed E-state index contributed by atoms with van der Waals surface area (Å²) in [6.45, 7) is 8.56. The zero-order valence-corrected chi connectivity index (χ0v) is 12.9. The highest BCUT2D eigenvalue weighted by Crippen LogP contribution is 2.20. The average Bonchev–Trinajstić information content (AvgIpc) is 2.38. The molecule has 1 aromatic rings. The van der Waals surface area contributed by atoms with E-state index in [1.807, 2.05) is 18.2 Å². The molecule has 0 saturated carbocycles. The highest BCUT2D eigenvalue weighted by atomic mass is 16.7. The van der Waals surface area contributed by atoms with Crippen molar-refractivity contribution in [1.82, 2.24) is 5.06 Å². The molecule has 2 nitrogen and oxygen atoms in total. The van der Waals surface area contributed by atoms with Crippen LogP contribution in [0.15, 0.2) is 42.0 Å². The summed E-state index contributed by atoms with van der Waals surface area (Å²) in [5.41, 5.74) is 2.65. The molecule has 2 heteroatoms. The summed E-state index contributed by atoms with van der Waals surface area (Å²) in [5.74, 6) is 0. The Morgan fingerprint density at radius 1 is 1.21 bits per heavy atom. The Hall–Kier alpha value is -1.12. The molecule has 0 aromatic heterocycles.